The number of nitrogens with zero attached hydrogens (tertiary/aromatic N) is 1. The molecule has 0 spiro atoms. The minimum Gasteiger partial charge on any atom is -0.192 e. The first-order valence-electron chi connectivity index (χ1n) is 10.2. The number of hydrogen-bond acceptors (Lipinski definition) is 1. The highest BCUT2D eigenvalue weighted by atomic mass is 14.2. The summed E-state index contributed by atoms with van der Waals surface area (Å²) in [5, 5.41) is 8.91. The SMILES string of the molecule is N#Cc1ccc(C=C2CCC(c3ccc(C#Cc4ccccc4)cc3)CC2)cc1. The molecule has 1 saturated carbocycles. The second-order valence-corrected chi connectivity index (χ2v) is 7.55. The van der Waals surface area contributed by atoms with Gasteiger partial charge in [-0.15, -0.1) is 0 Å². The van der Waals surface area contributed by atoms with Crippen molar-refractivity contribution in [3.63, 3.8) is 0 Å². The van der Waals surface area contributed by atoms with E-state index >= 15 is 0 Å². The lowest BCUT2D eigenvalue weighted by atomic mass is 9.81. The Labute approximate surface area is 173 Å². The van der Waals surface area contributed by atoms with Crippen LogP contribution in [-0.4, -0.2) is 0 Å². The van der Waals surface area contributed by atoms with Crippen molar-refractivity contribution in [3.8, 4) is 17.9 Å². The molecule has 29 heavy (non-hydrogen) atoms. The van der Waals surface area contributed by atoms with Gasteiger partial charge >= 0.3 is 0 Å². The van der Waals surface area contributed by atoms with Crippen molar-refractivity contribution >= 4 is 6.08 Å². The molecule has 1 fully saturated rings. The van der Waals surface area contributed by atoms with Gasteiger partial charge < -0.3 is 0 Å². The summed E-state index contributed by atoms with van der Waals surface area (Å²) in [5.74, 6) is 7.10. The fraction of sp³-hybridized carbons (Fsp3) is 0.179. The van der Waals surface area contributed by atoms with Gasteiger partial charge in [0.1, 0.15) is 0 Å². The van der Waals surface area contributed by atoms with Gasteiger partial charge in [-0.05, 0) is 79.1 Å². The lowest BCUT2D eigenvalue weighted by Gasteiger charge is -2.24. The summed E-state index contributed by atoms with van der Waals surface area (Å²) in [4.78, 5) is 0. The normalized spacial score (nSPS) is 15.7. The molecule has 0 heterocycles. The van der Waals surface area contributed by atoms with Crippen LogP contribution in [0.15, 0.2) is 84.4 Å². The van der Waals surface area contributed by atoms with Crippen LogP contribution in [0.2, 0.25) is 0 Å². The Morgan fingerprint density at radius 2 is 1.28 bits per heavy atom. The highest BCUT2D eigenvalue weighted by Crippen LogP contribution is 2.36. The van der Waals surface area contributed by atoms with Crippen LogP contribution in [0.5, 0.6) is 0 Å². The summed E-state index contributed by atoms with van der Waals surface area (Å²) in [6, 6.07) is 28.9. The summed E-state index contributed by atoms with van der Waals surface area (Å²) in [6.45, 7) is 0. The standard InChI is InChI=1S/C28H23N/c29-21-26-10-8-24(9-11-26)20-25-14-18-28(19-15-25)27-16-12-23(13-17-27)7-6-22-4-2-1-3-5-22/h1-5,8-13,16-17,20,28H,14-15,18-19H2. The smallest absolute Gasteiger partial charge is 0.0991 e. The van der Waals surface area contributed by atoms with E-state index in [1.807, 2.05) is 54.6 Å². The van der Waals surface area contributed by atoms with E-state index in [4.69, 9.17) is 5.26 Å². The third-order valence-corrected chi connectivity index (χ3v) is 5.55. The van der Waals surface area contributed by atoms with Crippen LogP contribution in [0.1, 0.15) is 59.4 Å². The summed E-state index contributed by atoms with van der Waals surface area (Å²) >= 11 is 0. The Balaban J connectivity index is 1.36. The zero-order valence-corrected chi connectivity index (χ0v) is 16.4. The maximum atomic E-state index is 8.91. The summed E-state index contributed by atoms with van der Waals surface area (Å²) in [5.41, 5.74) is 6.95. The molecule has 0 N–H and O–H groups in total. The topological polar surface area (TPSA) is 23.8 Å². The van der Waals surface area contributed by atoms with E-state index in [1.54, 1.807) is 0 Å². The van der Waals surface area contributed by atoms with Crippen molar-refractivity contribution in [1.29, 1.82) is 5.26 Å². The van der Waals surface area contributed by atoms with E-state index in [0.717, 1.165) is 24.0 Å². The van der Waals surface area contributed by atoms with E-state index in [-0.39, 0.29) is 0 Å². The van der Waals surface area contributed by atoms with Crippen molar-refractivity contribution in [3.05, 3.63) is 112 Å². The molecule has 0 atom stereocenters. The number of rotatable bonds is 2. The molecule has 0 bridgehead atoms. The van der Waals surface area contributed by atoms with Crippen molar-refractivity contribution in [1.82, 2.24) is 0 Å². The average molecular weight is 373 g/mol. The van der Waals surface area contributed by atoms with Gasteiger partial charge in [-0.1, -0.05) is 66.0 Å². The molecule has 1 aliphatic rings. The van der Waals surface area contributed by atoms with Gasteiger partial charge in [-0.2, -0.15) is 5.26 Å². The molecule has 1 nitrogen and oxygen atoms in total. The molecule has 3 aromatic rings. The number of benzene rings is 3. The van der Waals surface area contributed by atoms with Crippen molar-refractivity contribution in [2.75, 3.05) is 0 Å². The van der Waals surface area contributed by atoms with Crippen LogP contribution in [0.4, 0.5) is 0 Å². The van der Waals surface area contributed by atoms with Crippen LogP contribution in [0.3, 0.4) is 0 Å². The van der Waals surface area contributed by atoms with Gasteiger partial charge in [0.25, 0.3) is 0 Å². The minimum atomic E-state index is 0.629. The van der Waals surface area contributed by atoms with E-state index in [0.29, 0.717) is 11.5 Å². The fourth-order valence-corrected chi connectivity index (χ4v) is 3.86. The van der Waals surface area contributed by atoms with Crippen LogP contribution in [-0.2, 0) is 0 Å². The predicted molar refractivity (Wildman–Crippen MR) is 119 cm³/mol. The molecular weight excluding hydrogens is 350 g/mol. The highest BCUT2D eigenvalue weighted by molar-refractivity contribution is 5.54. The van der Waals surface area contributed by atoms with Crippen molar-refractivity contribution < 1.29 is 0 Å². The van der Waals surface area contributed by atoms with Crippen LogP contribution in [0.25, 0.3) is 6.08 Å². The Morgan fingerprint density at radius 3 is 1.90 bits per heavy atom. The lowest BCUT2D eigenvalue weighted by Crippen LogP contribution is -2.06. The monoisotopic (exact) mass is 373 g/mol. The molecule has 0 unspecified atom stereocenters. The second kappa shape index (κ2) is 9.09. The first-order valence-corrected chi connectivity index (χ1v) is 10.2. The maximum Gasteiger partial charge on any atom is 0.0991 e. The van der Waals surface area contributed by atoms with Gasteiger partial charge in [0, 0.05) is 11.1 Å². The van der Waals surface area contributed by atoms with Gasteiger partial charge in [-0.3, -0.25) is 0 Å². The number of hydrogen-bond donors (Lipinski definition) is 0. The van der Waals surface area contributed by atoms with Gasteiger partial charge in [0.2, 0.25) is 0 Å². The molecular formula is C28H23N. The summed E-state index contributed by atoms with van der Waals surface area (Å²) < 4.78 is 0. The van der Waals surface area contributed by atoms with Crippen LogP contribution in [0, 0.1) is 23.2 Å². The summed E-state index contributed by atoms with van der Waals surface area (Å²) in [6.07, 6.45) is 6.95. The Kier molecular flexibility index (Phi) is 5.89. The molecule has 0 amide bonds. The quantitative estimate of drug-likeness (QED) is 0.459. The molecule has 1 heteroatoms. The molecule has 0 saturated heterocycles. The minimum absolute atomic E-state index is 0.629. The van der Waals surface area contributed by atoms with Gasteiger partial charge in [0.05, 0.1) is 11.6 Å². The van der Waals surface area contributed by atoms with Crippen molar-refractivity contribution in [2.24, 2.45) is 0 Å². The maximum absolute atomic E-state index is 8.91. The predicted octanol–water partition coefficient (Wildman–Crippen LogP) is 6.70. The Morgan fingerprint density at radius 1 is 0.690 bits per heavy atom. The molecule has 140 valence electrons. The van der Waals surface area contributed by atoms with E-state index in [1.165, 1.54) is 29.5 Å². The Bertz CT molecular complexity index is 1080. The zero-order chi connectivity index (χ0) is 19.9. The highest BCUT2D eigenvalue weighted by Gasteiger charge is 2.18. The third kappa shape index (κ3) is 5.04. The first kappa shape index (κ1) is 18.8. The molecule has 0 aliphatic heterocycles. The zero-order valence-electron chi connectivity index (χ0n) is 16.4. The molecule has 3 aromatic carbocycles. The average Bonchev–Trinajstić information content (AvgIpc) is 2.80. The van der Waals surface area contributed by atoms with E-state index in [9.17, 15) is 0 Å². The van der Waals surface area contributed by atoms with Crippen molar-refractivity contribution in [2.45, 2.75) is 31.6 Å². The Hall–Kier alpha value is -3.55. The third-order valence-electron chi connectivity index (χ3n) is 5.55. The molecule has 0 radical (unpaired) electrons. The summed E-state index contributed by atoms with van der Waals surface area (Å²) in [7, 11) is 0. The van der Waals surface area contributed by atoms with Gasteiger partial charge in [-0.25, -0.2) is 0 Å². The number of allylic oxidation sites excluding steroid dienone is 1. The van der Waals surface area contributed by atoms with Crippen LogP contribution < -0.4 is 0 Å². The number of nitriles is 1. The first-order chi connectivity index (χ1) is 14.3. The fourth-order valence-electron chi connectivity index (χ4n) is 3.86. The van der Waals surface area contributed by atoms with E-state index < -0.39 is 0 Å². The lowest BCUT2D eigenvalue weighted by molar-refractivity contribution is 0.519. The second-order valence-electron chi connectivity index (χ2n) is 7.55. The molecule has 0 aromatic heterocycles. The molecule has 1 aliphatic carbocycles. The van der Waals surface area contributed by atoms with Gasteiger partial charge in [0.15, 0.2) is 0 Å². The van der Waals surface area contributed by atoms with E-state index in [2.05, 4.69) is 48.3 Å². The largest absolute Gasteiger partial charge is 0.192 e. The van der Waals surface area contributed by atoms with Crippen LogP contribution >= 0.6 is 0 Å². The molecule has 4 rings (SSSR count).